The molecule has 0 saturated heterocycles. The van der Waals surface area contributed by atoms with Crippen molar-refractivity contribution in [2.45, 2.75) is 0 Å². The van der Waals surface area contributed by atoms with Crippen molar-refractivity contribution in [1.82, 2.24) is 0 Å². The molecule has 0 aliphatic heterocycles. The van der Waals surface area contributed by atoms with E-state index in [0.29, 0.717) is 0 Å². The zero-order chi connectivity index (χ0) is 0. The van der Waals surface area contributed by atoms with Crippen LogP contribution in [0.25, 0.3) is 0 Å². The molecule has 0 aromatic heterocycles. The van der Waals surface area contributed by atoms with Crippen molar-refractivity contribution in [2.75, 3.05) is 0 Å². The minimum absolute atomic E-state index is 0. The van der Waals surface area contributed by atoms with Gasteiger partial charge in [-0.05, 0) is 0 Å². The van der Waals surface area contributed by atoms with Crippen molar-refractivity contribution in [1.29, 1.82) is 0 Å². The highest BCUT2D eigenvalue weighted by Crippen LogP contribution is -0.288. The van der Waals surface area contributed by atoms with Gasteiger partial charge in [0.1, 0.15) is 0 Å². The highest BCUT2D eigenvalue weighted by atomic mass is 79.9. The molecule has 0 amide bonds. The number of halogens is 1. The fourth-order valence-corrected chi connectivity index (χ4v) is 0. The quantitative estimate of drug-likeness (QED) is 0.325. The minimum atomic E-state index is 0. The van der Waals surface area contributed by atoms with Gasteiger partial charge in [0.05, 0.1) is 0 Å². The summed E-state index contributed by atoms with van der Waals surface area (Å²) < 4.78 is 0. The second-order valence-electron chi connectivity index (χ2n) is 0. The van der Waals surface area contributed by atoms with Crippen molar-refractivity contribution < 1.29 is 27.9 Å². The molecular weight excluding hydrogens is 139 g/mol. The van der Waals surface area contributed by atoms with Gasteiger partial charge in [-0.3, -0.25) is 0 Å². The molecule has 0 unspecified atom stereocenters. The maximum Gasteiger partial charge on any atom is 0 e. The van der Waals surface area contributed by atoms with Crippen LogP contribution in [0.2, 0.25) is 0 Å². The topological polar surface area (TPSA) is 60.0 Å². The van der Waals surface area contributed by atoms with Gasteiger partial charge >= 0.3 is 0 Å². The minimum Gasteiger partial charge on any atom is -1.00 e. The molecule has 0 atom stereocenters. The highest BCUT2D eigenvalue weighted by Gasteiger charge is 0.00000331. The van der Waals surface area contributed by atoms with Gasteiger partial charge < -0.3 is 27.9 Å². The molecule has 2 nitrogen and oxygen atoms in total. The summed E-state index contributed by atoms with van der Waals surface area (Å²) in [6.45, 7) is 0. The first kappa shape index (κ1) is 87.7. The second-order valence-corrected chi connectivity index (χ2v) is 0. The summed E-state index contributed by atoms with van der Waals surface area (Å²) in [4.78, 5) is 0. The van der Waals surface area contributed by atoms with Crippen LogP contribution in [0.1, 0.15) is 0 Å². The molecule has 4 heavy (non-hydrogen) atoms. The lowest BCUT2D eigenvalue weighted by molar-refractivity contribution is -0.00000260. The smallest absolute Gasteiger partial charge is 0 e. The Labute approximate surface area is 45.7 Å². The first-order valence-electron chi connectivity index (χ1n) is 0. The summed E-state index contributed by atoms with van der Waals surface area (Å²) in [5, 5.41) is 0. The molecule has 0 bridgehead atoms. The van der Waals surface area contributed by atoms with Crippen molar-refractivity contribution in [3.8, 4) is 0 Å². The third-order valence-electron chi connectivity index (χ3n) is 0. The Hall–Kier alpha value is 0.932. The molecule has 0 aliphatic rings. The summed E-state index contributed by atoms with van der Waals surface area (Å²) in [5.74, 6) is 0. The predicted molar refractivity (Wildman–Crippen MR) is 9.63 cm³/mol. The molecule has 0 rings (SSSR count). The molecule has 0 spiro atoms. The molecular formula is H2AlBrO2-3. The third kappa shape index (κ3) is 12.6. The molecule has 3 radical (unpaired) electrons. The molecule has 0 aliphatic carbocycles. The van der Waals surface area contributed by atoms with Gasteiger partial charge in [-0.2, -0.15) is 0 Å². The van der Waals surface area contributed by atoms with E-state index < -0.39 is 0 Å². The van der Waals surface area contributed by atoms with Crippen LogP contribution in [0.5, 0.6) is 0 Å². The van der Waals surface area contributed by atoms with E-state index >= 15 is 0 Å². The van der Waals surface area contributed by atoms with Crippen molar-refractivity contribution in [2.24, 2.45) is 0 Å². The molecule has 0 fully saturated rings. The first-order valence-corrected chi connectivity index (χ1v) is 0. The summed E-state index contributed by atoms with van der Waals surface area (Å²) in [7, 11) is 0. The van der Waals surface area contributed by atoms with Crippen LogP contribution < -0.4 is 17.0 Å². The monoisotopic (exact) mass is 140 g/mol. The van der Waals surface area contributed by atoms with Crippen LogP contribution in [-0.4, -0.2) is 28.3 Å². The van der Waals surface area contributed by atoms with E-state index in [1.807, 2.05) is 0 Å². The molecule has 27 valence electrons. The normalized spacial score (nSPS) is 0. The largest absolute Gasteiger partial charge is 1.00 e. The van der Waals surface area contributed by atoms with E-state index in [4.69, 9.17) is 0 Å². The van der Waals surface area contributed by atoms with Crippen LogP contribution in [-0.2, 0) is 0 Å². The number of rotatable bonds is 0. The standard InChI is InChI=1S/Al.BrH.2H2O/h;1H;2*1H2/p-3. The summed E-state index contributed by atoms with van der Waals surface area (Å²) in [5.41, 5.74) is 0. The molecule has 2 N–H and O–H groups in total. The summed E-state index contributed by atoms with van der Waals surface area (Å²) in [6, 6.07) is 0. The van der Waals surface area contributed by atoms with Gasteiger partial charge in [-0.15, -0.1) is 0 Å². The molecule has 4 heteroatoms. The van der Waals surface area contributed by atoms with Crippen LogP contribution in [0, 0.1) is 0 Å². The Morgan fingerprint density at radius 2 is 0.750 bits per heavy atom. The van der Waals surface area contributed by atoms with Crippen molar-refractivity contribution in [3.05, 3.63) is 0 Å². The SMILES string of the molecule is [Al].[Br-].[OH-].[OH-]. The van der Waals surface area contributed by atoms with Crippen molar-refractivity contribution >= 4 is 17.4 Å². The van der Waals surface area contributed by atoms with E-state index in [9.17, 15) is 0 Å². The predicted octanol–water partition coefficient (Wildman–Crippen LogP) is -3.73. The van der Waals surface area contributed by atoms with E-state index in [1.165, 1.54) is 0 Å². The van der Waals surface area contributed by atoms with Crippen molar-refractivity contribution in [3.63, 3.8) is 0 Å². The Morgan fingerprint density at radius 3 is 0.750 bits per heavy atom. The average molecular weight is 141 g/mol. The third-order valence-corrected chi connectivity index (χ3v) is 0. The highest BCUT2D eigenvalue weighted by molar-refractivity contribution is 5.75. The van der Waals surface area contributed by atoms with Crippen LogP contribution in [0.3, 0.4) is 0 Å². The second kappa shape index (κ2) is 38.9. The van der Waals surface area contributed by atoms with Gasteiger partial charge in [0.15, 0.2) is 0 Å². The average Bonchev–Trinajstić information content (AvgIpc) is 0. The Balaban J connectivity index is 0. The maximum atomic E-state index is 0. The van der Waals surface area contributed by atoms with Crippen LogP contribution in [0.15, 0.2) is 0 Å². The van der Waals surface area contributed by atoms with Gasteiger partial charge in [0.2, 0.25) is 0 Å². The van der Waals surface area contributed by atoms with Crippen LogP contribution in [0.4, 0.5) is 0 Å². The summed E-state index contributed by atoms with van der Waals surface area (Å²) >= 11 is 0. The van der Waals surface area contributed by atoms with Crippen LogP contribution >= 0.6 is 0 Å². The zero-order valence-electron chi connectivity index (χ0n) is 1.85. The Morgan fingerprint density at radius 1 is 0.750 bits per heavy atom. The molecule has 0 saturated carbocycles. The van der Waals surface area contributed by atoms with Gasteiger partial charge in [0.25, 0.3) is 0 Å². The molecule has 0 aromatic carbocycles. The van der Waals surface area contributed by atoms with E-state index in [1.54, 1.807) is 0 Å². The van der Waals surface area contributed by atoms with Gasteiger partial charge in [-0.25, -0.2) is 0 Å². The first-order chi connectivity index (χ1) is 0. The lowest BCUT2D eigenvalue weighted by Gasteiger charge is -1.00. The lowest BCUT2D eigenvalue weighted by atomic mass is 16.0. The fourth-order valence-electron chi connectivity index (χ4n) is 0. The van der Waals surface area contributed by atoms with Gasteiger partial charge in [0, 0.05) is 17.4 Å². The number of hydrogen-bond donors (Lipinski definition) is 0. The zero-order valence-corrected chi connectivity index (χ0v) is 4.59. The van der Waals surface area contributed by atoms with E-state index in [0.717, 1.165) is 0 Å². The molecule has 0 aromatic rings. The Kier molecular flexibility index (Phi) is 853. The number of hydrogen-bond acceptors (Lipinski definition) is 2. The Bertz CT molecular complexity index is 6.00. The van der Waals surface area contributed by atoms with E-state index in [-0.39, 0.29) is 45.3 Å². The summed E-state index contributed by atoms with van der Waals surface area (Å²) in [6.07, 6.45) is 0. The lowest BCUT2D eigenvalue weighted by Crippen LogP contribution is -3.00. The van der Waals surface area contributed by atoms with E-state index in [2.05, 4.69) is 0 Å². The van der Waals surface area contributed by atoms with Gasteiger partial charge in [-0.1, -0.05) is 0 Å². The maximum absolute atomic E-state index is 0. The fraction of sp³-hybridized carbons (Fsp3) is 0. The molecule has 0 heterocycles.